The van der Waals surface area contributed by atoms with E-state index in [1.807, 2.05) is 48.5 Å². The molecule has 0 radical (unpaired) electrons. The predicted octanol–water partition coefficient (Wildman–Crippen LogP) is 2.39. The molecule has 158 valence electrons. The maximum atomic E-state index is 12.7. The molecular weight excluding hydrogens is 382 g/mol. The molecule has 0 aliphatic heterocycles. The summed E-state index contributed by atoms with van der Waals surface area (Å²) in [5.74, 6) is -1.08. The van der Waals surface area contributed by atoms with E-state index in [0.717, 1.165) is 30.4 Å². The van der Waals surface area contributed by atoms with Crippen molar-refractivity contribution in [2.45, 2.75) is 50.8 Å². The minimum absolute atomic E-state index is 0.104. The number of carbonyl (C=O) groups is 3. The van der Waals surface area contributed by atoms with Crippen LogP contribution >= 0.6 is 0 Å². The fraction of sp³-hybridized carbons (Fsp3) is 0.348. The van der Waals surface area contributed by atoms with E-state index in [1.165, 1.54) is 12.5 Å². The lowest BCUT2D eigenvalue weighted by Crippen LogP contribution is -2.48. The third kappa shape index (κ3) is 5.59. The minimum atomic E-state index is -1.00. The van der Waals surface area contributed by atoms with E-state index in [4.69, 9.17) is 10.5 Å². The van der Waals surface area contributed by atoms with Crippen molar-refractivity contribution in [3.8, 4) is 0 Å². The van der Waals surface area contributed by atoms with Crippen LogP contribution < -0.4 is 16.4 Å². The number of primary amides is 1. The van der Waals surface area contributed by atoms with Gasteiger partial charge in [-0.3, -0.25) is 4.79 Å². The Bertz CT molecular complexity index is 900. The van der Waals surface area contributed by atoms with Crippen LogP contribution in [-0.4, -0.2) is 30.1 Å². The number of esters is 1. The summed E-state index contributed by atoms with van der Waals surface area (Å²) in [6.07, 6.45) is 2.03. The summed E-state index contributed by atoms with van der Waals surface area (Å²) in [6, 6.07) is 15.3. The molecule has 0 saturated heterocycles. The molecule has 3 atom stereocenters. The number of fused-ring (bicyclic) bond motifs is 1. The molecule has 0 spiro atoms. The van der Waals surface area contributed by atoms with Crippen molar-refractivity contribution < 1.29 is 19.1 Å². The second-order valence-corrected chi connectivity index (χ2v) is 7.48. The minimum Gasteiger partial charge on any atom is -0.451 e. The quantitative estimate of drug-likeness (QED) is 0.610. The molecule has 30 heavy (non-hydrogen) atoms. The SMILES string of the molecule is C[C@@H](OC(=O)[C@H](Cc1ccccc1)NC(N)=O)C(=O)N[C@@H]1CCCc2ccccc21. The molecule has 0 saturated carbocycles. The van der Waals surface area contributed by atoms with Gasteiger partial charge in [0.15, 0.2) is 6.10 Å². The highest BCUT2D eigenvalue weighted by Crippen LogP contribution is 2.29. The van der Waals surface area contributed by atoms with Crippen molar-refractivity contribution in [1.29, 1.82) is 0 Å². The summed E-state index contributed by atoms with van der Waals surface area (Å²) in [7, 11) is 0. The molecule has 7 heteroatoms. The number of carbonyl (C=O) groups excluding carboxylic acids is 3. The third-order valence-corrected chi connectivity index (χ3v) is 5.23. The Morgan fingerprint density at radius 1 is 1.10 bits per heavy atom. The average Bonchev–Trinajstić information content (AvgIpc) is 2.74. The first kappa shape index (κ1) is 21.4. The van der Waals surface area contributed by atoms with Crippen molar-refractivity contribution in [3.05, 3.63) is 71.3 Å². The molecule has 3 amide bonds. The summed E-state index contributed by atoms with van der Waals surface area (Å²) >= 11 is 0. The molecule has 0 bridgehead atoms. The van der Waals surface area contributed by atoms with Gasteiger partial charge in [0.2, 0.25) is 0 Å². The van der Waals surface area contributed by atoms with E-state index in [-0.39, 0.29) is 18.4 Å². The highest BCUT2D eigenvalue weighted by Gasteiger charge is 2.28. The van der Waals surface area contributed by atoms with Gasteiger partial charge in [0, 0.05) is 6.42 Å². The van der Waals surface area contributed by atoms with E-state index in [2.05, 4.69) is 16.7 Å². The highest BCUT2D eigenvalue weighted by atomic mass is 16.5. The Kier molecular flexibility index (Phi) is 7.06. The van der Waals surface area contributed by atoms with Crippen molar-refractivity contribution in [2.75, 3.05) is 0 Å². The number of urea groups is 1. The van der Waals surface area contributed by atoms with Crippen molar-refractivity contribution in [1.82, 2.24) is 10.6 Å². The zero-order valence-electron chi connectivity index (χ0n) is 17.0. The van der Waals surface area contributed by atoms with Gasteiger partial charge in [0.25, 0.3) is 5.91 Å². The van der Waals surface area contributed by atoms with Crippen LogP contribution in [0.1, 0.15) is 42.5 Å². The van der Waals surface area contributed by atoms with E-state index < -0.39 is 24.1 Å². The fourth-order valence-electron chi connectivity index (χ4n) is 3.72. The Hall–Kier alpha value is -3.35. The number of amides is 3. The van der Waals surface area contributed by atoms with Crippen LogP contribution in [0.25, 0.3) is 0 Å². The molecule has 0 aromatic heterocycles. The van der Waals surface area contributed by atoms with Gasteiger partial charge in [-0.15, -0.1) is 0 Å². The number of hydrogen-bond acceptors (Lipinski definition) is 4. The number of rotatable bonds is 7. The zero-order chi connectivity index (χ0) is 21.5. The van der Waals surface area contributed by atoms with Crippen LogP contribution in [0.3, 0.4) is 0 Å². The molecule has 1 aliphatic rings. The van der Waals surface area contributed by atoms with Crippen LogP contribution in [0.2, 0.25) is 0 Å². The molecule has 1 aliphatic carbocycles. The smallest absolute Gasteiger partial charge is 0.329 e. The number of hydrogen-bond donors (Lipinski definition) is 3. The summed E-state index contributed by atoms with van der Waals surface area (Å²) in [5.41, 5.74) is 8.38. The lowest BCUT2D eigenvalue weighted by molar-refractivity contribution is -0.156. The topological polar surface area (TPSA) is 111 Å². The molecule has 4 N–H and O–H groups in total. The largest absolute Gasteiger partial charge is 0.451 e. The molecule has 7 nitrogen and oxygen atoms in total. The average molecular weight is 409 g/mol. The van der Waals surface area contributed by atoms with E-state index in [0.29, 0.717) is 0 Å². The number of benzene rings is 2. The molecule has 0 heterocycles. The van der Waals surface area contributed by atoms with Gasteiger partial charge in [0.05, 0.1) is 6.04 Å². The number of nitrogens with two attached hydrogens (primary N) is 1. The molecule has 2 aromatic rings. The van der Waals surface area contributed by atoms with Gasteiger partial charge in [0.1, 0.15) is 6.04 Å². The van der Waals surface area contributed by atoms with Crippen LogP contribution in [0.15, 0.2) is 54.6 Å². The molecule has 0 unspecified atom stereocenters. The second-order valence-electron chi connectivity index (χ2n) is 7.48. The molecule has 0 fully saturated rings. The summed E-state index contributed by atoms with van der Waals surface area (Å²) < 4.78 is 5.36. The molecule has 3 rings (SSSR count). The Morgan fingerprint density at radius 2 is 1.80 bits per heavy atom. The van der Waals surface area contributed by atoms with Crippen molar-refractivity contribution in [2.24, 2.45) is 5.73 Å². The van der Waals surface area contributed by atoms with Gasteiger partial charge in [-0.2, -0.15) is 0 Å². The number of nitrogens with one attached hydrogen (secondary N) is 2. The third-order valence-electron chi connectivity index (χ3n) is 5.23. The lowest BCUT2D eigenvalue weighted by Gasteiger charge is -2.27. The van der Waals surface area contributed by atoms with Gasteiger partial charge < -0.3 is 21.1 Å². The zero-order valence-corrected chi connectivity index (χ0v) is 17.0. The molecule has 2 aromatic carbocycles. The van der Waals surface area contributed by atoms with E-state index >= 15 is 0 Å². The van der Waals surface area contributed by atoms with Crippen molar-refractivity contribution >= 4 is 17.9 Å². The van der Waals surface area contributed by atoms with Gasteiger partial charge in [-0.1, -0.05) is 54.6 Å². The normalized spacial score (nSPS) is 17.2. The predicted molar refractivity (Wildman–Crippen MR) is 112 cm³/mol. The maximum Gasteiger partial charge on any atom is 0.329 e. The number of aryl methyl sites for hydroxylation is 1. The first-order valence-corrected chi connectivity index (χ1v) is 10.1. The van der Waals surface area contributed by atoms with Crippen LogP contribution in [0, 0.1) is 0 Å². The highest BCUT2D eigenvalue weighted by molar-refractivity contribution is 5.87. The first-order chi connectivity index (χ1) is 14.4. The van der Waals surface area contributed by atoms with E-state index in [1.54, 1.807) is 0 Å². The Labute approximate surface area is 176 Å². The second kappa shape index (κ2) is 9.91. The molecular formula is C23H27N3O4. The van der Waals surface area contributed by atoms with Gasteiger partial charge in [-0.05, 0) is 42.9 Å². The monoisotopic (exact) mass is 409 g/mol. The van der Waals surface area contributed by atoms with E-state index in [9.17, 15) is 14.4 Å². The number of ether oxygens (including phenoxy) is 1. The van der Waals surface area contributed by atoms with Crippen molar-refractivity contribution in [3.63, 3.8) is 0 Å². The van der Waals surface area contributed by atoms with Crippen LogP contribution in [-0.2, 0) is 27.2 Å². The van der Waals surface area contributed by atoms with Gasteiger partial charge >= 0.3 is 12.0 Å². The Morgan fingerprint density at radius 3 is 2.53 bits per heavy atom. The van der Waals surface area contributed by atoms with Crippen LogP contribution in [0.5, 0.6) is 0 Å². The summed E-state index contributed by atoms with van der Waals surface area (Å²) in [6.45, 7) is 1.52. The summed E-state index contributed by atoms with van der Waals surface area (Å²) in [5, 5.41) is 5.38. The summed E-state index contributed by atoms with van der Waals surface area (Å²) in [4.78, 5) is 36.6. The van der Waals surface area contributed by atoms with Gasteiger partial charge in [-0.25, -0.2) is 9.59 Å². The van der Waals surface area contributed by atoms with Crippen LogP contribution in [0.4, 0.5) is 4.79 Å². The standard InChI is InChI=1S/C23H27N3O4/c1-15(21(27)25-19-13-7-11-17-10-5-6-12-18(17)19)30-22(28)20(26-23(24)29)14-16-8-3-2-4-9-16/h2-6,8-10,12,15,19-20H,7,11,13-14H2,1H3,(H,25,27)(H3,24,26,29)/t15-,19-,20+/m1/s1. The first-order valence-electron chi connectivity index (χ1n) is 10.1. The lowest BCUT2D eigenvalue weighted by atomic mass is 9.87. The fourth-order valence-corrected chi connectivity index (χ4v) is 3.72. The maximum absolute atomic E-state index is 12.7. The Balaban J connectivity index is 1.61.